The fraction of sp³-hybridized carbons (Fsp3) is 0.652. The Morgan fingerprint density at radius 1 is 1.20 bits per heavy atom. The minimum atomic E-state index is -0.443. The maximum Gasteiger partial charge on any atom is 0.261 e. The highest BCUT2D eigenvalue weighted by Gasteiger charge is 2.34. The number of likely N-dealkylation sites (tertiary alicyclic amines) is 1. The lowest BCUT2D eigenvalue weighted by atomic mass is 9.75. The van der Waals surface area contributed by atoms with Crippen molar-refractivity contribution in [3.8, 4) is 0 Å². The molecular weight excluding hydrogens is 382 g/mol. The van der Waals surface area contributed by atoms with Crippen LogP contribution in [0.25, 0.3) is 0 Å². The highest BCUT2D eigenvalue weighted by Crippen LogP contribution is 2.33. The van der Waals surface area contributed by atoms with E-state index in [9.17, 15) is 19.2 Å². The van der Waals surface area contributed by atoms with Gasteiger partial charge in [-0.3, -0.25) is 19.2 Å². The van der Waals surface area contributed by atoms with Crippen LogP contribution in [0.15, 0.2) is 10.9 Å². The van der Waals surface area contributed by atoms with Crippen molar-refractivity contribution in [2.24, 2.45) is 11.3 Å². The molecule has 7 heteroatoms. The fourth-order valence-electron chi connectivity index (χ4n) is 4.50. The quantitative estimate of drug-likeness (QED) is 0.800. The van der Waals surface area contributed by atoms with Gasteiger partial charge in [0.2, 0.25) is 5.91 Å². The van der Waals surface area contributed by atoms with E-state index < -0.39 is 5.56 Å². The van der Waals surface area contributed by atoms with Gasteiger partial charge in [-0.1, -0.05) is 27.2 Å². The summed E-state index contributed by atoms with van der Waals surface area (Å²) in [6.45, 7) is 7.72. The van der Waals surface area contributed by atoms with E-state index in [1.165, 1.54) is 6.07 Å². The number of carbonyl (C=O) groups is 3. The number of hydrogen-bond donors (Lipinski definition) is 1. The van der Waals surface area contributed by atoms with Crippen LogP contribution in [0.2, 0.25) is 0 Å². The molecule has 1 fully saturated rings. The first kappa shape index (κ1) is 22.2. The first-order valence-corrected chi connectivity index (χ1v) is 11.0. The largest absolute Gasteiger partial charge is 0.346 e. The summed E-state index contributed by atoms with van der Waals surface area (Å²) in [4.78, 5) is 56.9. The number of fused-ring (bicyclic) bond motifs is 1. The number of carbonyl (C=O) groups excluding carboxylic acids is 3. The van der Waals surface area contributed by atoms with Crippen LogP contribution < -0.4 is 5.56 Å². The molecule has 2 heterocycles. The number of amides is 2. The molecule has 2 amide bonds. The Kier molecular flexibility index (Phi) is 6.48. The number of hydrogen-bond acceptors (Lipinski definition) is 4. The molecule has 1 aliphatic heterocycles. The Morgan fingerprint density at radius 2 is 1.87 bits per heavy atom. The van der Waals surface area contributed by atoms with E-state index >= 15 is 0 Å². The summed E-state index contributed by atoms with van der Waals surface area (Å²) < 4.78 is 0. The Bertz CT molecular complexity index is 894. The fourth-order valence-corrected chi connectivity index (χ4v) is 4.50. The summed E-state index contributed by atoms with van der Waals surface area (Å²) in [7, 11) is 1.83. The number of rotatable bonds is 5. The standard InChI is InChI=1S/C23H33N3O4/c1-5-6-9-25(4)21(29)15-7-10-26(11-8-15)22(30)17-12-16-18(24-20(17)28)13-23(2,3)14-19(16)27/h12,15H,5-11,13-14H2,1-4H3,(H,24,28). The van der Waals surface area contributed by atoms with Crippen LogP contribution in [0.5, 0.6) is 0 Å². The Labute approximate surface area is 177 Å². The lowest BCUT2D eigenvalue weighted by Crippen LogP contribution is -2.45. The molecule has 1 aliphatic carbocycles. The summed E-state index contributed by atoms with van der Waals surface area (Å²) in [6.07, 6.45) is 4.22. The molecule has 0 spiro atoms. The predicted molar refractivity (Wildman–Crippen MR) is 115 cm³/mol. The van der Waals surface area contributed by atoms with Crippen LogP contribution in [0.4, 0.5) is 0 Å². The summed E-state index contributed by atoms with van der Waals surface area (Å²) in [5, 5.41) is 0. The van der Waals surface area contributed by atoms with Crippen molar-refractivity contribution in [1.82, 2.24) is 14.8 Å². The Morgan fingerprint density at radius 3 is 2.50 bits per heavy atom. The van der Waals surface area contributed by atoms with Gasteiger partial charge in [0.1, 0.15) is 5.56 Å². The second kappa shape index (κ2) is 8.74. The molecule has 0 aromatic carbocycles. The molecule has 7 nitrogen and oxygen atoms in total. The van der Waals surface area contributed by atoms with Crippen molar-refractivity contribution >= 4 is 17.6 Å². The molecule has 1 N–H and O–H groups in total. The highest BCUT2D eigenvalue weighted by molar-refractivity contribution is 6.02. The van der Waals surface area contributed by atoms with Gasteiger partial charge in [0.05, 0.1) is 0 Å². The smallest absolute Gasteiger partial charge is 0.261 e. The number of Topliss-reactive ketones (excluding diaryl/α,β-unsaturated/α-hetero) is 1. The van der Waals surface area contributed by atoms with Gasteiger partial charge < -0.3 is 14.8 Å². The third kappa shape index (κ3) is 4.65. The Hall–Kier alpha value is -2.44. The second-order valence-electron chi connectivity index (χ2n) is 9.53. The van der Waals surface area contributed by atoms with Crippen molar-refractivity contribution < 1.29 is 14.4 Å². The van der Waals surface area contributed by atoms with Gasteiger partial charge >= 0.3 is 0 Å². The molecule has 1 saturated heterocycles. The first-order valence-electron chi connectivity index (χ1n) is 11.0. The van der Waals surface area contributed by atoms with Gasteiger partial charge in [-0.05, 0) is 37.2 Å². The molecule has 0 unspecified atom stereocenters. The minimum absolute atomic E-state index is 0.0200. The van der Waals surface area contributed by atoms with E-state index in [1.54, 1.807) is 9.80 Å². The topological polar surface area (TPSA) is 90.6 Å². The summed E-state index contributed by atoms with van der Waals surface area (Å²) in [5.41, 5.74) is 0.461. The van der Waals surface area contributed by atoms with E-state index in [0.717, 1.165) is 19.4 Å². The third-order valence-corrected chi connectivity index (χ3v) is 6.30. The van der Waals surface area contributed by atoms with Gasteiger partial charge in [0.15, 0.2) is 5.78 Å². The SMILES string of the molecule is CCCCN(C)C(=O)C1CCN(C(=O)c2cc3c([nH]c2=O)CC(C)(C)CC3=O)CC1. The molecule has 1 aromatic heterocycles. The lowest BCUT2D eigenvalue weighted by molar-refractivity contribution is -0.135. The van der Waals surface area contributed by atoms with Crippen LogP contribution in [0.3, 0.4) is 0 Å². The average molecular weight is 416 g/mol. The van der Waals surface area contributed by atoms with E-state index in [1.807, 2.05) is 20.9 Å². The van der Waals surface area contributed by atoms with Crippen molar-refractivity contribution in [1.29, 1.82) is 0 Å². The van der Waals surface area contributed by atoms with Gasteiger partial charge in [-0.25, -0.2) is 0 Å². The molecule has 3 rings (SSSR count). The highest BCUT2D eigenvalue weighted by atomic mass is 16.2. The van der Waals surface area contributed by atoms with Gasteiger partial charge in [0.25, 0.3) is 11.5 Å². The van der Waals surface area contributed by atoms with Crippen molar-refractivity contribution in [3.05, 3.63) is 33.2 Å². The number of pyridine rings is 1. The van der Waals surface area contributed by atoms with Crippen LogP contribution in [0.1, 0.15) is 79.3 Å². The molecule has 2 aliphatic rings. The van der Waals surface area contributed by atoms with Crippen LogP contribution >= 0.6 is 0 Å². The second-order valence-corrected chi connectivity index (χ2v) is 9.53. The monoisotopic (exact) mass is 415 g/mol. The molecule has 30 heavy (non-hydrogen) atoms. The number of ketones is 1. The predicted octanol–water partition coefficient (Wildman–Crippen LogP) is 2.64. The van der Waals surface area contributed by atoms with Crippen LogP contribution in [-0.4, -0.2) is 59.1 Å². The number of aromatic amines is 1. The number of aromatic nitrogens is 1. The summed E-state index contributed by atoms with van der Waals surface area (Å²) in [6, 6.07) is 1.48. The van der Waals surface area contributed by atoms with Crippen molar-refractivity contribution in [3.63, 3.8) is 0 Å². The van der Waals surface area contributed by atoms with Crippen molar-refractivity contribution in [2.45, 2.75) is 59.3 Å². The maximum absolute atomic E-state index is 13.0. The normalized spacial score (nSPS) is 18.8. The molecule has 0 radical (unpaired) electrons. The van der Waals surface area contributed by atoms with E-state index in [4.69, 9.17) is 0 Å². The average Bonchev–Trinajstić information content (AvgIpc) is 2.69. The molecule has 0 bridgehead atoms. The maximum atomic E-state index is 13.0. The molecule has 0 atom stereocenters. The molecule has 1 aromatic rings. The van der Waals surface area contributed by atoms with Crippen LogP contribution in [0, 0.1) is 11.3 Å². The zero-order valence-electron chi connectivity index (χ0n) is 18.5. The zero-order valence-corrected chi connectivity index (χ0v) is 18.5. The number of unbranched alkanes of at least 4 members (excludes halogenated alkanes) is 1. The van der Waals surface area contributed by atoms with Gasteiger partial charge in [-0.15, -0.1) is 0 Å². The third-order valence-electron chi connectivity index (χ3n) is 6.30. The van der Waals surface area contributed by atoms with Crippen LogP contribution in [-0.2, 0) is 11.2 Å². The summed E-state index contributed by atoms with van der Waals surface area (Å²) in [5.74, 6) is -0.343. The first-order chi connectivity index (χ1) is 14.1. The van der Waals surface area contributed by atoms with E-state index in [-0.39, 0.29) is 34.5 Å². The zero-order chi connectivity index (χ0) is 22.1. The Balaban J connectivity index is 1.69. The van der Waals surface area contributed by atoms with E-state index in [0.29, 0.717) is 50.0 Å². The minimum Gasteiger partial charge on any atom is -0.346 e. The lowest BCUT2D eigenvalue weighted by Gasteiger charge is -2.33. The number of nitrogens with zero attached hydrogens (tertiary/aromatic N) is 2. The number of nitrogens with one attached hydrogen (secondary N) is 1. The molecule has 0 saturated carbocycles. The number of piperidine rings is 1. The number of H-pyrrole nitrogens is 1. The molecular formula is C23H33N3O4. The van der Waals surface area contributed by atoms with Gasteiger partial charge in [0, 0.05) is 50.3 Å². The van der Waals surface area contributed by atoms with Gasteiger partial charge in [-0.2, -0.15) is 0 Å². The van der Waals surface area contributed by atoms with Crippen molar-refractivity contribution in [2.75, 3.05) is 26.7 Å². The summed E-state index contributed by atoms with van der Waals surface area (Å²) >= 11 is 0. The van der Waals surface area contributed by atoms with E-state index in [2.05, 4.69) is 11.9 Å². The molecule has 164 valence electrons.